The van der Waals surface area contributed by atoms with Crippen LogP contribution in [0, 0.1) is 23.2 Å². The molecule has 0 spiro atoms. The number of carbonyl (C=O) groups is 3. The van der Waals surface area contributed by atoms with Gasteiger partial charge in [0.1, 0.15) is 12.2 Å². The maximum atomic E-state index is 12.4. The Hall–Kier alpha value is -1.68. The van der Waals surface area contributed by atoms with E-state index in [4.69, 9.17) is 5.26 Å². The number of aliphatic carboxylic acids is 1. The molecule has 2 aliphatic heterocycles. The third kappa shape index (κ3) is 4.60. The van der Waals surface area contributed by atoms with Gasteiger partial charge in [-0.05, 0) is 18.4 Å². The van der Waals surface area contributed by atoms with Crippen LogP contribution in [0.3, 0.4) is 0 Å². The molecule has 0 saturated carbocycles. The molecule has 31 heavy (non-hydrogen) atoms. The van der Waals surface area contributed by atoms with Gasteiger partial charge in [0, 0.05) is 17.9 Å². The summed E-state index contributed by atoms with van der Waals surface area (Å²) in [5.41, 5.74) is 1.55. The number of β-lactam (4-membered cyclic amide) rings is 1. The van der Waals surface area contributed by atoms with Gasteiger partial charge in [-0.2, -0.15) is 5.26 Å². The molecule has 1 saturated heterocycles. The van der Waals surface area contributed by atoms with Crippen LogP contribution in [0.25, 0.3) is 6.08 Å². The number of nitriles is 1. The first-order valence-corrected chi connectivity index (χ1v) is 10.8. The minimum Gasteiger partial charge on any atom is -0.543 e. The van der Waals surface area contributed by atoms with E-state index in [1.54, 1.807) is 11.5 Å². The minimum absolute atomic E-state index is 0. The van der Waals surface area contributed by atoms with Crippen LogP contribution in [0.2, 0.25) is 0 Å². The van der Waals surface area contributed by atoms with Crippen LogP contribution in [-0.4, -0.2) is 63.4 Å². The van der Waals surface area contributed by atoms with Crippen molar-refractivity contribution in [2.75, 3.05) is 13.6 Å². The largest absolute Gasteiger partial charge is 1.00 e. The van der Waals surface area contributed by atoms with E-state index in [1.807, 2.05) is 13.0 Å². The third-order valence-electron chi connectivity index (χ3n) is 5.17. The van der Waals surface area contributed by atoms with Crippen LogP contribution < -0.4 is 34.7 Å². The fourth-order valence-electron chi connectivity index (χ4n) is 3.73. The van der Waals surface area contributed by atoms with Crippen molar-refractivity contribution in [2.45, 2.75) is 26.0 Å². The first-order chi connectivity index (χ1) is 14.2. The van der Waals surface area contributed by atoms with Gasteiger partial charge in [-0.3, -0.25) is 9.59 Å². The van der Waals surface area contributed by atoms with Crippen LogP contribution in [0.1, 0.15) is 29.2 Å². The van der Waals surface area contributed by atoms with Gasteiger partial charge in [0.15, 0.2) is 0 Å². The van der Waals surface area contributed by atoms with Crippen molar-refractivity contribution in [1.82, 2.24) is 14.8 Å². The van der Waals surface area contributed by atoms with E-state index in [0.717, 1.165) is 11.8 Å². The number of thioether (sulfide) groups is 1. The van der Waals surface area contributed by atoms with Crippen LogP contribution in [-0.2, 0) is 9.59 Å². The predicted octanol–water partition coefficient (Wildman–Crippen LogP) is -2.73. The van der Waals surface area contributed by atoms with E-state index in [-0.39, 0.29) is 59.3 Å². The molecule has 12 heteroatoms. The molecular formula is C19H19N4NaO5S2. The summed E-state index contributed by atoms with van der Waals surface area (Å²) in [5, 5.41) is 32.0. The summed E-state index contributed by atoms with van der Waals surface area (Å²) in [6.07, 6.45) is 0.770. The molecule has 0 bridgehead atoms. The molecule has 0 aliphatic carbocycles. The van der Waals surface area contributed by atoms with Crippen molar-refractivity contribution in [2.24, 2.45) is 11.8 Å². The quantitative estimate of drug-likeness (QED) is 0.258. The summed E-state index contributed by atoms with van der Waals surface area (Å²) in [6.45, 7) is 3.26. The Kier molecular flexibility index (Phi) is 8.49. The Morgan fingerprint density at radius 1 is 1.55 bits per heavy atom. The number of carboxylic acids is 1. The molecule has 0 unspecified atom stereocenters. The summed E-state index contributed by atoms with van der Waals surface area (Å²) in [6, 6.07) is 1.49. The average Bonchev–Trinajstić information content (AvgIpc) is 3.23. The molecule has 2 aliphatic rings. The molecule has 4 atom stereocenters. The second kappa shape index (κ2) is 10.3. The number of amides is 2. The van der Waals surface area contributed by atoms with E-state index in [9.17, 15) is 24.6 Å². The first kappa shape index (κ1) is 25.6. The fourth-order valence-corrected chi connectivity index (χ4v) is 5.49. The van der Waals surface area contributed by atoms with E-state index in [2.05, 4.69) is 4.98 Å². The maximum Gasteiger partial charge on any atom is 1.00 e. The Morgan fingerprint density at radius 3 is 2.81 bits per heavy atom. The molecule has 0 aromatic carbocycles. The molecule has 3 rings (SSSR count). The van der Waals surface area contributed by atoms with Gasteiger partial charge < -0.3 is 24.8 Å². The van der Waals surface area contributed by atoms with Gasteiger partial charge in [-0.15, -0.1) is 11.3 Å². The van der Waals surface area contributed by atoms with Crippen molar-refractivity contribution in [3.8, 4) is 6.07 Å². The van der Waals surface area contributed by atoms with Gasteiger partial charge in [0.25, 0.3) is 5.91 Å². The number of aliphatic hydroxyl groups is 1. The molecule has 1 fully saturated rings. The molecule has 2 amide bonds. The van der Waals surface area contributed by atoms with E-state index >= 15 is 0 Å². The summed E-state index contributed by atoms with van der Waals surface area (Å²) >= 11 is 2.37. The molecule has 9 nitrogen and oxygen atoms in total. The monoisotopic (exact) mass is 470 g/mol. The summed E-state index contributed by atoms with van der Waals surface area (Å²) in [5.74, 6) is -3.17. The van der Waals surface area contributed by atoms with Gasteiger partial charge in [0.05, 0.1) is 46.2 Å². The number of carbonyl (C=O) groups excluding carboxylic acids is 3. The summed E-state index contributed by atoms with van der Waals surface area (Å²) in [4.78, 5) is 43.9. The van der Waals surface area contributed by atoms with Crippen LogP contribution >= 0.6 is 23.1 Å². The van der Waals surface area contributed by atoms with Gasteiger partial charge >= 0.3 is 29.6 Å². The zero-order chi connectivity index (χ0) is 22.2. The molecule has 3 heterocycles. The van der Waals surface area contributed by atoms with Crippen molar-refractivity contribution < 1.29 is 54.2 Å². The second-order valence-corrected chi connectivity index (χ2v) is 8.89. The number of fused-ring (bicyclic) bond motifs is 1. The van der Waals surface area contributed by atoms with Crippen molar-refractivity contribution in [3.05, 3.63) is 32.1 Å². The van der Waals surface area contributed by atoms with Gasteiger partial charge in [-0.1, -0.05) is 18.7 Å². The van der Waals surface area contributed by atoms with Gasteiger partial charge in [-0.25, -0.2) is 4.98 Å². The van der Waals surface area contributed by atoms with Crippen LogP contribution in [0.4, 0.5) is 0 Å². The Labute approximate surface area is 209 Å². The number of hydrogen-bond donors (Lipinski definition) is 1. The topological polar surface area (TPSA) is 138 Å². The zero-order valence-electron chi connectivity index (χ0n) is 17.4. The van der Waals surface area contributed by atoms with E-state index < -0.39 is 29.9 Å². The number of carboxylic acid groups (broad SMARTS) is 1. The first-order valence-electron chi connectivity index (χ1n) is 9.06. The molecule has 1 aromatic heterocycles. The van der Waals surface area contributed by atoms with Crippen molar-refractivity contribution >= 4 is 47.0 Å². The fraction of sp³-hybridized carbons (Fsp3) is 0.421. The minimum atomic E-state index is -1.44. The SMILES string of the molecule is C[C@@H](O)[C@H]1C(=O)N2C(C(=O)[O-])=C(S/C=C\c3scnc3C(=O)N(C)CC#N)[C@H](C)[C@H]12.[Na+]. The average molecular weight is 471 g/mol. The normalized spacial score (nSPS) is 23.1. The standard InChI is InChI=1S/C19H20N4O5S2.Na/c1-9-14-12(10(2)24)17(25)23(14)15(19(27)28)16(9)29-7-4-11-13(21-8-30-11)18(26)22(3)6-5-20;/h4,7-10,12,14,24H,6H2,1-3H3,(H,27,28);/q;+1/p-1/b7-4-;/t9-,10-,12-,14-;/m1./s1. The summed E-state index contributed by atoms with van der Waals surface area (Å²) < 4.78 is 0. The number of aliphatic hydroxyl groups excluding tert-OH is 1. The van der Waals surface area contributed by atoms with Crippen molar-refractivity contribution in [3.63, 3.8) is 0 Å². The maximum absolute atomic E-state index is 12.4. The molecule has 1 N–H and O–H groups in total. The second-order valence-electron chi connectivity index (χ2n) is 7.06. The third-order valence-corrected chi connectivity index (χ3v) is 7.05. The number of nitrogens with zero attached hydrogens (tertiary/aromatic N) is 4. The Morgan fingerprint density at radius 2 is 2.23 bits per heavy atom. The van der Waals surface area contributed by atoms with Crippen LogP contribution in [0.5, 0.6) is 0 Å². The molecule has 158 valence electrons. The van der Waals surface area contributed by atoms with E-state index in [0.29, 0.717) is 9.78 Å². The van der Waals surface area contributed by atoms with Crippen molar-refractivity contribution in [1.29, 1.82) is 5.26 Å². The number of thiazole rings is 1. The molecular weight excluding hydrogens is 451 g/mol. The summed E-state index contributed by atoms with van der Waals surface area (Å²) in [7, 11) is 1.50. The number of aromatic nitrogens is 1. The zero-order valence-corrected chi connectivity index (χ0v) is 21.1. The number of rotatable bonds is 7. The smallest absolute Gasteiger partial charge is 0.543 e. The van der Waals surface area contributed by atoms with E-state index in [1.165, 1.54) is 40.6 Å². The Balaban J connectivity index is 0.00000341. The Bertz CT molecular complexity index is 1000. The van der Waals surface area contributed by atoms with Crippen LogP contribution in [0.15, 0.2) is 21.5 Å². The predicted molar refractivity (Wildman–Crippen MR) is 108 cm³/mol. The molecule has 1 aromatic rings. The molecule has 0 radical (unpaired) electrons. The number of hydrogen-bond acceptors (Lipinski definition) is 9. The van der Waals surface area contributed by atoms with Gasteiger partial charge in [0.2, 0.25) is 5.91 Å².